The number of nitrogens with two attached hydrogens (primary N) is 1. The highest BCUT2D eigenvalue weighted by Crippen LogP contribution is 2.29. The first kappa shape index (κ1) is 13.3. The van der Waals surface area contributed by atoms with Crippen LogP contribution in [0.5, 0.6) is 0 Å². The van der Waals surface area contributed by atoms with Crippen molar-refractivity contribution < 1.29 is 8.42 Å². The van der Waals surface area contributed by atoms with Crippen LogP contribution in [0, 0.1) is 5.92 Å². The Bertz CT molecular complexity index is 451. The summed E-state index contributed by atoms with van der Waals surface area (Å²) in [6.45, 7) is 3.85. The highest BCUT2D eigenvalue weighted by Gasteiger charge is 2.22. The summed E-state index contributed by atoms with van der Waals surface area (Å²) in [6.07, 6.45) is 0.809. The Morgan fingerprint density at radius 1 is 1.44 bits per heavy atom. The zero-order valence-electron chi connectivity index (χ0n) is 9.40. The van der Waals surface area contributed by atoms with Crippen molar-refractivity contribution in [3.63, 3.8) is 0 Å². The number of benzene rings is 1. The van der Waals surface area contributed by atoms with Crippen LogP contribution >= 0.6 is 11.6 Å². The Morgan fingerprint density at radius 3 is 2.56 bits per heavy atom. The van der Waals surface area contributed by atoms with E-state index in [1.807, 2.05) is 13.8 Å². The Hall–Kier alpha value is -0.740. The summed E-state index contributed by atoms with van der Waals surface area (Å²) in [4.78, 5) is 0.0666. The number of hydrogen-bond acceptors (Lipinski definition) is 3. The molecule has 2 N–H and O–H groups in total. The van der Waals surface area contributed by atoms with Crippen molar-refractivity contribution in [2.24, 2.45) is 5.92 Å². The van der Waals surface area contributed by atoms with Gasteiger partial charge in [-0.15, -0.1) is 0 Å². The molecule has 0 aromatic heterocycles. The standard InChI is InChI=1S/C11H16ClNO2S/c1-3-8(2)7-16(14,15)11-9(12)5-4-6-10(11)13/h4-6,8H,3,7,13H2,1-2H3. The lowest BCUT2D eigenvalue weighted by molar-refractivity contribution is 0.564. The van der Waals surface area contributed by atoms with Gasteiger partial charge in [0.25, 0.3) is 0 Å². The molecule has 0 aliphatic carbocycles. The second-order valence-electron chi connectivity index (χ2n) is 3.95. The Kier molecular flexibility index (Phi) is 4.21. The van der Waals surface area contributed by atoms with E-state index in [1.165, 1.54) is 0 Å². The Morgan fingerprint density at radius 2 is 2.06 bits per heavy atom. The fraction of sp³-hybridized carbons (Fsp3) is 0.455. The third-order valence-electron chi connectivity index (χ3n) is 2.51. The van der Waals surface area contributed by atoms with E-state index in [0.29, 0.717) is 0 Å². The van der Waals surface area contributed by atoms with Crippen molar-refractivity contribution in [1.29, 1.82) is 0 Å². The molecule has 1 aromatic carbocycles. The number of nitrogen functional groups attached to an aromatic ring is 1. The van der Waals surface area contributed by atoms with Crippen LogP contribution in [0.15, 0.2) is 23.1 Å². The zero-order chi connectivity index (χ0) is 12.3. The smallest absolute Gasteiger partial charge is 0.182 e. The number of sulfone groups is 1. The lowest BCUT2D eigenvalue weighted by atomic mass is 10.2. The Labute approximate surface area is 102 Å². The molecule has 3 nitrogen and oxygen atoms in total. The van der Waals surface area contributed by atoms with Gasteiger partial charge in [0.15, 0.2) is 9.84 Å². The summed E-state index contributed by atoms with van der Waals surface area (Å²) >= 11 is 5.88. The van der Waals surface area contributed by atoms with Crippen molar-refractivity contribution >= 4 is 27.1 Å². The molecule has 0 spiro atoms. The molecule has 1 rings (SSSR count). The van der Waals surface area contributed by atoms with Gasteiger partial charge in [-0.3, -0.25) is 0 Å². The summed E-state index contributed by atoms with van der Waals surface area (Å²) in [5.74, 6) is 0.179. The lowest BCUT2D eigenvalue weighted by Gasteiger charge is -2.12. The zero-order valence-corrected chi connectivity index (χ0v) is 11.0. The predicted molar refractivity (Wildman–Crippen MR) is 67.4 cm³/mol. The fourth-order valence-corrected chi connectivity index (χ4v) is 3.91. The fourth-order valence-electron chi connectivity index (χ4n) is 1.43. The number of hydrogen-bond donors (Lipinski definition) is 1. The summed E-state index contributed by atoms with van der Waals surface area (Å²) in [5, 5.41) is 0.198. The van der Waals surface area contributed by atoms with Crippen molar-refractivity contribution in [2.45, 2.75) is 25.2 Å². The molecule has 0 saturated heterocycles. The second-order valence-corrected chi connectivity index (χ2v) is 6.33. The first-order valence-corrected chi connectivity index (χ1v) is 7.18. The van der Waals surface area contributed by atoms with E-state index in [2.05, 4.69) is 0 Å². The molecule has 0 amide bonds. The van der Waals surface area contributed by atoms with Crippen LogP contribution in [0.2, 0.25) is 5.02 Å². The van der Waals surface area contributed by atoms with Gasteiger partial charge in [-0.1, -0.05) is 37.9 Å². The van der Waals surface area contributed by atoms with E-state index < -0.39 is 9.84 Å². The van der Waals surface area contributed by atoms with Gasteiger partial charge in [0.2, 0.25) is 0 Å². The quantitative estimate of drug-likeness (QED) is 0.848. The SMILES string of the molecule is CCC(C)CS(=O)(=O)c1c(N)cccc1Cl. The van der Waals surface area contributed by atoms with Crippen molar-refractivity contribution in [1.82, 2.24) is 0 Å². The first-order chi connectivity index (χ1) is 7.38. The van der Waals surface area contributed by atoms with E-state index in [4.69, 9.17) is 17.3 Å². The molecular formula is C11H16ClNO2S. The Balaban J connectivity index is 3.17. The number of anilines is 1. The summed E-state index contributed by atoms with van der Waals surface area (Å²) in [5.41, 5.74) is 5.88. The minimum absolute atomic E-state index is 0.0666. The molecule has 0 fully saturated rings. The normalized spacial score (nSPS) is 13.7. The summed E-state index contributed by atoms with van der Waals surface area (Å²) < 4.78 is 24.2. The minimum Gasteiger partial charge on any atom is -0.398 e. The maximum Gasteiger partial charge on any atom is 0.182 e. The molecular weight excluding hydrogens is 246 g/mol. The van der Waals surface area contributed by atoms with Gasteiger partial charge in [0.1, 0.15) is 4.90 Å². The maximum atomic E-state index is 12.1. The maximum absolute atomic E-state index is 12.1. The molecule has 1 atom stereocenters. The lowest BCUT2D eigenvalue weighted by Crippen LogP contribution is -2.15. The number of rotatable bonds is 4. The van der Waals surface area contributed by atoms with Gasteiger partial charge >= 0.3 is 0 Å². The van der Waals surface area contributed by atoms with Crippen LogP contribution in [-0.2, 0) is 9.84 Å². The van der Waals surface area contributed by atoms with Gasteiger partial charge in [0.05, 0.1) is 16.5 Å². The minimum atomic E-state index is -3.39. The molecule has 0 aliphatic rings. The monoisotopic (exact) mass is 261 g/mol. The van der Waals surface area contributed by atoms with E-state index >= 15 is 0 Å². The highest BCUT2D eigenvalue weighted by atomic mass is 35.5. The van der Waals surface area contributed by atoms with Crippen LogP contribution in [0.4, 0.5) is 5.69 Å². The molecule has 0 radical (unpaired) electrons. The van der Waals surface area contributed by atoms with Crippen molar-refractivity contribution in [3.05, 3.63) is 23.2 Å². The summed E-state index contributed by atoms with van der Waals surface area (Å²) in [7, 11) is -3.39. The van der Waals surface area contributed by atoms with Gasteiger partial charge in [-0.2, -0.15) is 0 Å². The molecule has 1 aromatic rings. The van der Waals surface area contributed by atoms with Crippen molar-refractivity contribution in [3.8, 4) is 0 Å². The van der Waals surface area contributed by atoms with Gasteiger partial charge in [0, 0.05) is 0 Å². The average Bonchev–Trinajstić information content (AvgIpc) is 2.16. The van der Waals surface area contributed by atoms with E-state index in [9.17, 15) is 8.42 Å². The van der Waals surface area contributed by atoms with Crippen LogP contribution in [-0.4, -0.2) is 14.2 Å². The topological polar surface area (TPSA) is 60.2 Å². The highest BCUT2D eigenvalue weighted by molar-refractivity contribution is 7.91. The van der Waals surface area contributed by atoms with Crippen LogP contribution in [0.1, 0.15) is 20.3 Å². The molecule has 90 valence electrons. The van der Waals surface area contributed by atoms with Gasteiger partial charge < -0.3 is 5.73 Å². The first-order valence-electron chi connectivity index (χ1n) is 5.15. The molecule has 0 aliphatic heterocycles. The van der Waals surface area contributed by atoms with Crippen LogP contribution in [0.3, 0.4) is 0 Å². The molecule has 1 unspecified atom stereocenters. The van der Waals surface area contributed by atoms with Crippen molar-refractivity contribution in [2.75, 3.05) is 11.5 Å². The second kappa shape index (κ2) is 5.06. The molecule has 0 bridgehead atoms. The van der Waals surface area contributed by atoms with Crippen LogP contribution in [0.25, 0.3) is 0 Å². The number of halogens is 1. The predicted octanol–water partition coefficient (Wildman–Crippen LogP) is 2.74. The largest absolute Gasteiger partial charge is 0.398 e. The van der Waals surface area contributed by atoms with Gasteiger partial charge in [-0.25, -0.2) is 8.42 Å². The van der Waals surface area contributed by atoms with E-state index in [0.717, 1.165) is 6.42 Å². The third kappa shape index (κ3) is 2.89. The molecule has 16 heavy (non-hydrogen) atoms. The molecule has 0 heterocycles. The average molecular weight is 262 g/mol. The molecule has 0 saturated carbocycles. The molecule has 5 heteroatoms. The van der Waals surface area contributed by atoms with Crippen LogP contribution < -0.4 is 5.73 Å². The summed E-state index contributed by atoms with van der Waals surface area (Å²) in [6, 6.07) is 4.73. The van der Waals surface area contributed by atoms with E-state index in [-0.39, 0.29) is 27.3 Å². The van der Waals surface area contributed by atoms with E-state index in [1.54, 1.807) is 18.2 Å². The third-order valence-corrected chi connectivity index (χ3v) is 5.02. The van der Waals surface area contributed by atoms with Gasteiger partial charge in [-0.05, 0) is 18.1 Å².